The van der Waals surface area contributed by atoms with Crippen molar-refractivity contribution in [2.45, 2.75) is 84.5 Å². The highest BCUT2D eigenvalue weighted by atomic mass is 14.5. The first-order chi connectivity index (χ1) is 6.41. The first-order valence-corrected chi connectivity index (χ1v) is 6.41. The van der Waals surface area contributed by atoms with E-state index in [1.165, 1.54) is 70.6 Å². The second-order valence-electron chi connectivity index (χ2n) is 4.18. The molecule has 0 unspecified atom stereocenters. The zero-order valence-corrected chi connectivity index (χ0v) is 9.78. The molecule has 0 heterocycles. The molecule has 80 valence electrons. The summed E-state index contributed by atoms with van der Waals surface area (Å²) in [5.74, 6) is 0. The monoisotopic (exact) mass is 186 g/mol. The number of hydrogen-bond acceptors (Lipinski definition) is 0. The largest absolute Gasteiger partial charge is 0.0654 e. The van der Waals surface area contributed by atoms with E-state index in [-0.39, 0.29) is 0 Å². The van der Waals surface area contributed by atoms with Gasteiger partial charge in [-0.2, -0.15) is 0 Å². The molecule has 0 aromatic rings. The first-order valence-electron chi connectivity index (χ1n) is 6.41. The summed E-state index contributed by atoms with van der Waals surface area (Å²) in [7, 11) is 0. The molecule has 0 aromatic carbocycles. The van der Waals surface area contributed by atoms with Crippen LogP contribution in [0.2, 0.25) is 0 Å². The number of unbranched alkanes of at least 4 members (excludes halogenated alkanes) is 10. The quantitative estimate of drug-likeness (QED) is 0.405. The van der Waals surface area contributed by atoms with Crippen molar-refractivity contribution in [1.82, 2.24) is 0 Å². The van der Waals surface area contributed by atoms with E-state index in [0.29, 0.717) is 0 Å². The molecule has 0 aromatic heterocycles. The van der Waals surface area contributed by atoms with Gasteiger partial charge < -0.3 is 0 Å². The molecule has 0 spiro atoms. The molecule has 0 radical (unpaired) electrons. The van der Waals surface area contributed by atoms with Gasteiger partial charge in [-0.1, -0.05) is 84.5 Å². The van der Waals surface area contributed by atoms with E-state index < -0.39 is 0 Å². The molecule has 0 atom stereocenters. The summed E-state index contributed by atoms with van der Waals surface area (Å²) in [6.45, 7) is 4.56. The lowest BCUT2D eigenvalue weighted by Crippen LogP contribution is -1.80. The van der Waals surface area contributed by atoms with Crippen LogP contribution in [0.5, 0.6) is 0 Å². The molecule has 0 bridgehead atoms. The van der Waals surface area contributed by atoms with E-state index in [2.05, 4.69) is 13.8 Å². The lowest BCUT2D eigenvalue weighted by atomic mass is 10.1. The summed E-state index contributed by atoms with van der Waals surface area (Å²) >= 11 is 0. The van der Waals surface area contributed by atoms with Gasteiger partial charge in [0.05, 0.1) is 0 Å². The molecule has 0 nitrogen and oxygen atoms in total. The normalized spacial score (nSPS) is 10.6. The highest BCUT2D eigenvalue weighted by molar-refractivity contribution is 4.46. The fraction of sp³-hybridized carbons (Fsp3) is 1.00. The van der Waals surface area contributed by atoms with Crippen LogP contribution in [-0.2, 0) is 0 Å². The van der Waals surface area contributed by atoms with E-state index >= 15 is 0 Å². The van der Waals surface area contributed by atoms with Crippen LogP contribution in [0.15, 0.2) is 0 Å². The van der Waals surface area contributed by atoms with Gasteiger partial charge in [0.25, 0.3) is 0 Å². The molecule has 0 heteroatoms. The summed E-state index contributed by atoms with van der Waals surface area (Å²) in [6.07, 6.45) is 15.9. The summed E-state index contributed by atoms with van der Waals surface area (Å²) < 4.78 is 0. The molecule has 0 fully saturated rings. The van der Waals surface area contributed by atoms with Crippen molar-refractivity contribution >= 4 is 0 Å². The van der Waals surface area contributed by atoms with Crippen molar-refractivity contribution in [3.05, 3.63) is 0 Å². The van der Waals surface area contributed by atoms with Crippen molar-refractivity contribution in [3.8, 4) is 0 Å². The van der Waals surface area contributed by atoms with Crippen LogP contribution in [0.25, 0.3) is 0 Å². The van der Waals surface area contributed by atoms with E-state index in [1.807, 2.05) is 0 Å². The van der Waals surface area contributed by atoms with Gasteiger partial charge in [0.1, 0.15) is 0 Å². The Bertz CT molecular complexity index is 66.1. The second-order valence-corrected chi connectivity index (χ2v) is 4.18. The fourth-order valence-electron chi connectivity index (χ4n) is 1.74. The van der Waals surface area contributed by atoms with Crippen LogP contribution in [0, 0.1) is 0 Å². The van der Waals surface area contributed by atoms with Crippen LogP contribution in [0.1, 0.15) is 84.5 Å². The molecule has 0 amide bonds. The Balaban J connectivity index is 2.76. The van der Waals surface area contributed by atoms with Crippen molar-refractivity contribution in [2.24, 2.45) is 0 Å². The molecule has 0 aliphatic rings. The lowest BCUT2D eigenvalue weighted by molar-refractivity contribution is 0.554. The van der Waals surface area contributed by atoms with Crippen LogP contribution < -0.4 is 0 Å². The van der Waals surface area contributed by atoms with Crippen LogP contribution in [-0.4, -0.2) is 0 Å². The average Bonchev–Trinajstić information content (AvgIpc) is 2.16. The van der Waals surface area contributed by atoms with Gasteiger partial charge in [0, 0.05) is 0 Å². The van der Waals surface area contributed by atoms with Gasteiger partial charge >= 0.3 is 0 Å². The Morgan fingerprint density at radius 3 is 1.38 bits per heavy atom. The highest BCUT2D eigenvalue weighted by Gasteiger charge is 1.90. The average molecular weight is 186 g/mol. The number of hydrogen-bond donors (Lipinski definition) is 0. The molecule has 0 N–H and O–H groups in total. The van der Waals surface area contributed by atoms with E-state index in [9.17, 15) is 0 Å². The van der Waals surface area contributed by atoms with Gasteiger partial charge in [0.2, 0.25) is 0 Å². The third kappa shape index (κ3) is 12.0. The van der Waals surface area contributed by atoms with E-state index in [1.54, 1.807) is 0 Å². The predicted molar refractivity (Wildman–Crippen MR) is 62.1 cm³/mol. The predicted octanol–water partition coefficient (Wildman–Crippen LogP) is 5.32. The van der Waals surface area contributed by atoms with Crippen LogP contribution >= 0.6 is 0 Å². The Labute approximate surface area is 85.1 Å². The standard InChI is InChI=1S/C13H28/c1-3-5-7-9-11-13-12-10-8-6-4-2/h3-13H2,1-2H3/i1+2. The van der Waals surface area contributed by atoms with Gasteiger partial charge in [-0.05, 0) is 0 Å². The smallest absolute Gasteiger partial charge is 0.0533 e. The maximum Gasteiger partial charge on any atom is -0.0533 e. The van der Waals surface area contributed by atoms with Crippen molar-refractivity contribution in [3.63, 3.8) is 0 Å². The van der Waals surface area contributed by atoms with Crippen LogP contribution in [0.4, 0.5) is 0 Å². The summed E-state index contributed by atoms with van der Waals surface area (Å²) in [5, 5.41) is 0. The summed E-state index contributed by atoms with van der Waals surface area (Å²) in [4.78, 5) is 0. The maximum atomic E-state index is 2.28. The van der Waals surface area contributed by atoms with E-state index in [4.69, 9.17) is 0 Å². The molecular formula is C13H28. The Morgan fingerprint density at radius 1 is 0.615 bits per heavy atom. The zero-order chi connectivity index (χ0) is 9.78. The topological polar surface area (TPSA) is 0 Å². The van der Waals surface area contributed by atoms with Crippen molar-refractivity contribution in [2.75, 3.05) is 0 Å². The van der Waals surface area contributed by atoms with Crippen molar-refractivity contribution < 1.29 is 0 Å². The molecule has 0 saturated carbocycles. The Kier molecular flexibility index (Phi) is 12.0. The molecule has 0 aliphatic heterocycles. The molecule has 0 rings (SSSR count). The maximum absolute atomic E-state index is 2.28. The van der Waals surface area contributed by atoms with Crippen LogP contribution in [0.3, 0.4) is 0 Å². The SMILES string of the molecule is CCCCCCCCCCCC[14CH3]. The summed E-state index contributed by atoms with van der Waals surface area (Å²) in [6, 6.07) is 0. The molecule has 13 heavy (non-hydrogen) atoms. The minimum Gasteiger partial charge on any atom is -0.0654 e. The molecular weight excluding hydrogens is 158 g/mol. The summed E-state index contributed by atoms with van der Waals surface area (Å²) in [5.41, 5.74) is 0. The van der Waals surface area contributed by atoms with Crippen molar-refractivity contribution in [1.29, 1.82) is 0 Å². The molecule has 0 aliphatic carbocycles. The minimum atomic E-state index is 1.37. The van der Waals surface area contributed by atoms with Gasteiger partial charge in [-0.3, -0.25) is 0 Å². The number of rotatable bonds is 10. The Morgan fingerprint density at radius 2 is 1.00 bits per heavy atom. The Hall–Kier alpha value is 0. The highest BCUT2D eigenvalue weighted by Crippen LogP contribution is 2.10. The van der Waals surface area contributed by atoms with Gasteiger partial charge in [-0.25, -0.2) is 0 Å². The first kappa shape index (κ1) is 13.0. The third-order valence-corrected chi connectivity index (χ3v) is 2.71. The third-order valence-electron chi connectivity index (χ3n) is 2.71. The lowest BCUT2D eigenvalue weighted by Gasteiger charge is -2.00. The fourth-order valence-corrected chi connectivity index (χ4v) is 1.74. The van der Waals surface area contributed by atoms with Gasteiger partial charge in [-0.15, -0.1) is 0 Å². The van der Waals surface area contributed by atoms with Gasteiger partial charge in [0.15, 0.2) is 0 Å². The minimum absolute atomic E-state index is 1.37. The second kappa shape index (κ2) is 12.0. The molecule has 0 saturated heterocycles. The zero-order valence-electron chi connectivity index (χ0n) is 9.78. The van der Waals surface area contributed by atoms with E-state index in [0.717, 1.165) is 0 Å².